The molecular weight excluding hydrogens is 548 g/mol. The summed E-state index contributed by atoms with van der Waals surface area (Å²) in [5.74, 6) is -0.639. The van der Waals surface area contributed by atoms with Crippen molar-refractivity contribution in [2.24, 2.45) is 0 Å². The van der Waals surface area contributed by atoms with Crippen LogP contribution in [0.2, 0.25) is 0 Å². The van der Waals surface area contributed by atoms with E-state index in [1.807, 2.05) is 31.2 Å². The fourth-order valence-electron chi connectivity index (χ4n) is 5.57. The van der Waals surface area contributed by atoms with Crippen molar-refractivity contribution in [3.8, 4) is 0 Å². The molecule has 0 spiro atoms. The maximum atomic E-state index is 12.6. The number of rotatable bonds is 7. The number of nitrogens with zero attached hydrogens (tertiary/aromatic N) is 2. The summed E-state index contributed by atoms with van der Waals surface area (Å²) in [4.78, 5) is 73.3. The molecule has 2 aromatic carbocycles. The maximum absolute atomic E-state index is 12.6. The van der Waals surface area contributed by atoms with Crippen molar-refractivity contribution in [2.75, 3.05) is 0 Å². The number of imide groups is 2. The largest absolute Gasteiger partial charge is 0.329 e. The van der Waals surface area contributed by atoms with Crippen LogP contribution in [0.3, 0.4) is 0 Å². The average molecular weight is 589 g/mol. The highest BCUT2D eigenvalue weighted by atomic mass is 16.2. The van der Waals surface area contributed by atoms with Gasteiger partial charge in [0.05, 0.1) is 0 Å². The van der Waals surface area contributed by atoms with Crippen LogP contribution in [-0.2, 0) is 37.1 Å². The number of aryl methyl sites for hydroxylation is 1. The van der Waals surface area contributed by atoms with E-state index in [4.69, 9.17) is 0 Å². The molecule has 5 rings (SSSR count). The first-order valence-corrected chi connectivity index (χ1v) is 14.8. The standard InChI is InChI=1S/C17H22N2O3.C16H18N2O3/c1-11(2)13-5-4-12(3)14(8-13)9-19(10-20)15-6-7-16(21)18-17(15)22;1-9(2)10-3-4-11-8-18(16(21)12(11)7-10)13-5-6-14(19)17-15(13)20/h4-5,8,10-11,15H,6-7,9H2,1-3H3,(H,18,21,22);3-4,7,9,13H,5-6,8H2,1-2H3,(H,17,19,20). The quantitative estimate of drug-likeness (QED) is 0.376. The van der Waals surface area contributed by atoms with Crippen LogP contribution in [0.4, 0.5) is 0 Å². The van der Waals surface area contributed by atoms with E-state index in [-0.39, 0.29) is 42.4 Å². The maximum Gasteiger partial charge on any atom is 0.255 e. The Morgan fingerprint density at radius 2 is 1.47 bits per heavy atom. The van der Waals surface area contributed by atoms with Crippen molar-refractivity contribution >= 4 is 35.9 Å². The second kappa shape index (κ2) is 13.3. The molecule has 10 heteroatoms. The Kier molecular flexibility index (Phi) is 9.78. The van der Waals surface area contributed by atoms with Gasteiger partial charge in [-0.05, 0) is 65.5 Å². The van der Waals surface area contributed by atoms with Crippen molar-refractivity contribution in [1.29, 1.82) is 0 Å². The molecule has 2 saturated heterocycles. The van der Waals surface area contributed by atoms with Crippen LogP contribution in [0.25, 0.3) is 0 Å². The van der Waals surface area contributed by atoms with E-state index in [1.54, 1.807) is 4.90 Å². The minimum atomic E-state index is -0.572. The lowest BCUT2D eigenvalue weighted by Crippen LogP contribution is -2.52. The minimum absolute atomic E-state index is 0.109. The summed E-state index contributed by atoms with van der Waals surface area (Å²) in [7, 11) is 0. The van der Waals surface area contributed by atoms with Crippen LogP contribution in [0.15, 0.2) is 36.4 Å². The normalized spacial score (nSPS) is 20.0. The molecule has 3 heterocycles. The van der Waals surface area contributed by atoms with Crippen molar-refractivity contribution in [2.45, 2.75) is 97.3 Å². The SMILES string of the molecule is CC(C)c1ccc2c(c1)C(=O)N(C1CCC(=O)NC1=O)C2.Cc1ccc(C(C)C)cc1CN(C=O)C1CCC(=O)NC1=O. The third kappa shape index (κ3) is 7.18. The minimum Gasteiger partial charge on any atom is -0.329 e. The van der Waals surface area contributed by atoms with Gasteiger partial charge in [-0.3, -0.25) is 39.4 Å². The number of carbonyl (C=O) groups excluding carboxylic acids is 6. The van der Waals surface area contributed by atoms with Gasteiger partial charge in [0.25, 0.3) is 5.91 Å². The van der Waals surface area contributed by atoms with Gasteiger partial charge in [0.1, 0.15) is 12.1 Å². The Balaban J connectivity index is 0.000000197. The molecule has 228 valence electrons. The molecule has 2 N–H and O–H groups in total. The van der Waals surface area contributed by atoms with E-state index in [9.17, 15) is 28.8 Å². The fourth-order valence-corrected chi connectivity index (χ4v) is 5.57. The van der Waals surface area contributed by atoms with Gasteiger partial charge in [-0.2, -0.15) is 0 Å². The molecular formula is C33H40N4O6. The van der Waals surface area contributed by atoms with E-state index in [2.05, 4.69) is 50.5 Å². The molecule has 43 heavy (non-hydrogen) atoms. The highest BCUT2D eigenvalue weighted by Crippen LogP contribution is 2.30. The van der Waals surface area contributed by atoms with Crippen LogP contribution >= 0.6 is 0 Å². The van der Waals surface area contributed by atoms with Crippen LogP contribution < -0.4 is 10.6 Å². The monoisotopic (exact) mass is 588 g/mol. The van der Waals surface area contributed by atoms with Gasteiger partial charge in [-0.15, -0.1) is 0 Å². The number of nitrogens with one attached hydrogen (secondary N) is 2. The highest BCUT2D eigenvalue weighted by Gasteiger charge is 2.39. The topological polar surface area (TPSA) is 133 Å². The second-order valence-electron chi connectivity index (χ2n) is 12.1. The van der Waals surface area contributed by atoms with Gasteiger partial charge >= 0.3 is 0 Å². The van der Waals surface area contributed by atoms with Gasteiger partial charge in [0, 0.05) is 31.5 Å². The number of fused-ring (bicyclic) bond motifs is 1. The van der Waals surface area contributed by atoms with E-state index < -0.39 is 12.1 Å². The Morgan fingerprint density at radius 3 is 2.07 bits per heavy atom. The summed E-state index contributed by atoms with van der Waals surface area (Å²) in [6, 6.07) is 11.0. The number of hydrogen-bond acceptors (Lipinski definition) is 6. The van der Waals surface area contributed by atoms with Gasteiger partial charge in [0.2, 0.25) is 30.0 Å². The van der Waals surface area contributed by atoms with E-state index in [0.717, 1.165) is 22.3 Å². The number of carbonyl (C=O) groups is 6. The van der Waals surface area contributed by atoms with Crippen molar-refractivity contribution in [3.05, 3.63) is 69.8 Å². The van der Waals surface area contributed by atoms with Gasteiger partial charge in [-0.1, -0.05) is 58.0 Å². The molecule has 0 bridgehead atoms. The summed E-state index contributed by atoms with van der Waals surface area (Å²) in [5.41, 5.74) is 6.08. The Hall–Kier alpha value is -4.34. The van der Waals surface area contributed by atoms with E-state index in [1.165, 1.54) is 10.5 Å². The first kappa shape index (κ1) is 31.6. The average Bonchev–Trinajstić information content (AvgIpc) is 3.28. The predicted octanol–water partition coefficient (Wildman–Crippen LogP) is 3.45. The summed E-state index contributed by atoms with van der Waals surface area (Å²) >= 11 is 0. The molecule has 0 aliphatic carbocycles. The number of benzene rings is 2. The van der Waals surface area contributed by atoms with Crippen molar-refractivity contribution in [3.63, 3.8) is 0 Å². The number of hydrogen-bond donors (Lipinski definition) is 2. The summed E-state index contributed by atoms with van der Waals surface area (Å²) in [6.45, 7) is 11.2. The third-order valence-corrected chi connectivity index (χ3v) is 8.36. The zero-order valence-electron chi connectivity index (χ0n) is 25.4. The first-order chi connectivity index (χ1) is 20.4. The molecule has 10 nitrogen and oxygen atoms in total. The lowest BCUT2D eigenvalue weighted by Gasteiger charge is -2.30. The van der Waals surface area contributed by atoms with Crippen LogP contribution in [-0.4, -0.2) is 57.8 Å². The summed E-state index contributed by atoms with van der Waals surface area (Å²) in [5, 5.41) is 4.61. The summed E-state index contributed by atoms with van der Waals surface area (Å²) < 4.78 is 0. The van der Waals surface area contributed by atoms with Gasteiger partial charge < -0.3 is 9.80 Å². The summed E-state index contributed by atoms with van der Waals surface area (Å²) in [6.07, 6.45) is 2.04. The van der Waals surface area contributed by atoms with Crippen LogP contribution in [0.5, 0.6) is 0 Å². The van der Waals surface area contributed by atoms with Gasteiger partial charge in [0.15, 0.2) is 0 Å². The second-order valence-corrected chi connectivity index (χ2v) is 12.1. The molecule has 0 saturated carbocycles. The van der Waals surface area contributed by atoms with Gasteiger partial charge in [-0.25, -0.2) is 0 Å². The Morgan fingerprint density at radius 1 is 0.860 bits per heavy atom. The van der Waals surface area contributed by atoms with Crippen molar-refractivity contribution in [1.82, 2.24) is 20.4 Å². The molecule has 2 aromatic rings. The zero-order valence-corrected chi connectivity index (χ0v) is 25.4. The van der Waals surface area contributed by atoms with Crippen molar-refractivity contribution < 1.29 is 28.8 Å². The smallest absolute Gasteiger partial charge is 0.255 e. The third-order valence-electron chi connectivity index (χ3n) is 8.36. The Bertz CT molecular complexity index is 1450. The van der Waals surface area contributed by atoms with Crippen LogP contribution in [0.1, 0.15) is 103 Å². The zero-order chi connectivity index (χ0) is 31.4. The molecule has 3 aliphatic rings. The molecule has 2 fully saturated rings. The number of piperidine rings is 2. The first-order valence-electron chi connectivity index (χ1n) is 14.8. The molecule has 0 radical (unpaired) electrons. The van der Waals surface area contributed by atoms with Crippen LogP contribution in [0, 0.1) is 6.92 Å². The lowest BCUT2D eigenvalue weighted by molar-refractivity contribution is -0.141. The fraction of sp³-hybridized carbons (Fsp3) is 0.455. The molecule has 2 atom stereocenters. The molecule has 3 aliphatic heterocycles. The predicted molar refractivity (Wildman–Crippen MR) is 160 cm³/mol. The molecule has 2 unspecified atom stereocenters. The Labute approximate surface area is 252 Å². The van der Waals surface area contributed by atoms with E-state index in [0.29, 0.717) is 49.7 Å². The molecule has 6 amide bonds. The van der Waals surface area contributed by atoms with E-state index >= 15 is 0 Å². The molecule has 0 aromatic heterocycles. The highest BCUT2D eigenvalue weighted by molar-refractivity contribution is 6.05. The number of amides is 6. The lowest BCUT2D eigenvalue weighted by atomic mass is 9.97.